The van der Waals surface area contributed by atoms with Crippen molar-refractivity contribution in [1.29, 1.82) is 0 Å². The minimum atomic E-state index is -0.351. The fourth-order valence-corrected chi connectivity index (χ4v) is 3.12. The number of para-hydroxylation sites is 1. The molecule has 2 aromatic heterocycles. The number of nitrogens with one attached hydrogen (secondary N) is 1. The van der Waals surface area contributed by atoms with E-state index in [-0.39, 0.29) is 29.1 Å². The van der Waals surface area contributed by atoms with Crippen molar-refractivity contribution in [2.45, 2.75) is 31.8 Å². The molecule has 1 aliphatic carbocycles. The number of carbonyl (C=O) groups is 1. The molecule has 0 saturated heterocycles. The second-order valence-corrected chi connectivity index (χ2v) is 6.23. The number of nitrogens with zero attached hydrogens (tertiary/aromatic N) is 1. The molecule has 1 atom stereocenters. The number of carbonyl (C=O) groups excluding carboxylic acids is 1. The largest absolute Gasteiger partial charge is 0.467 e. The summed E-state index contributed by atoms with van der Waals surface area (Å²) in [6.07, 6.45) is 3.52. The Labute approximate surface area is 138 Å². The number of furan rings is 1. The van der Waals surface area contributed by atoms with Crippen LogP contribution >= 0.6 is 0 Å². The van der Waals surface area contributed by atoms with Gasteiger partial charge in [0.05, 0.1) is 12.3 Å². The van der Waals surface area contributed by atoms with E-state index in [1.807, 2.05) is 43.3 Å². The number of rotatable bonds is 4. The smallest absolute Gasteiger partial charge is 0.261 e. The number of H-pyrrole nitrogens is 1. The van der Waals surface area contributed by atoms with Gasteiger partial charge in [-0.2, -0.15) is 0 Å². The molecule has 4 rings (SSSR count). The molecule has 24 heavy (non-hydrogen) atoms. The van der Waals surface area contributed by atoms with E-state index in [1.54, 1.807) is 17.2 Å². The molecule has 1 fully saturated rings. The average Bonchev–Trinajstić information content (AvgIpc) is 3.25. The molecule has 3 aromatic rings. The lowest BCUT2D eigenvalue weighted by Gasteiger charge is -2.28. The van der Waals surface area contributed by atoms with Gasteiger partial charge in [0.25, 0.3) is 11.5 Å². The molecule has 1 amide bonds. The molecule has 0 spiro atoms. The van der Waals surface area contributed by atoms with Crippen molar-refractivity contribution >= 4 is 16.8 Å². The van der Waals surface area contributed by atoms with Crippen LogP contribution in [-0.2, 0) is 0 Å². The van der Waals surface area contributed by atoms with Crippen LogP contribution in [0.1, 0.15) is 41.9 Å². The quantitative estimate of drug-likeness (QED) is 0.799. The van der Waals surface area contributed by atoms with Gasteiger partial charge in [-0.1, -0.05) is 18.2 Å². The summed E-state index contributed by atoms with van der Waals surface area (Å²) < 4.78 is 5.46. The van der Waals surface area contributed by atoms with Gasteiger partial charge in [-0.3, -0.25) is 9.59 Å². The summed E-state index contributed by atoms with van der Waals surface area (Å²) in [6, 6.07) is 12.8. The number of aromatic amines is 1. The Hall–Kier alpha value is -2.82. The third-order valence-corrected chi connectivity index (χ3v) is 4.53. The number of pyridine rings is 1. The van der Waals surface area contributed by atoms with Crippen molar-refractivity contribution in [1.82, 2.24) is 9.88 Å². The van der Waals surface area contributed by atoms with Crippen LogP contribution < -0.4 is 5.56 Å². The minimum Gasteiger partial charge on any atom is -0.467 e. The first-order chi connectivity index (χ1) is 11.6. The zero-order chi connectivity index (χ0) is 16.7. The molecule has 1 saturated carbocycles. The summed E-state index contributed by atoms with van der Waals surface area (Å²) in [4.78, 5) is 30.1. The minimum absolute atomic E-state index is 0.170. The van der Waals surface area contributed by atoms with Crippen LogP contribution in [0.5, 0.6) is 0 Å². The van der Waals surface area contributed by atoms with Gasteiger partial charge in [0, 0.05) is 11.6 Å². The summed E-state index contributed by atoms with van der Waals surface area (Å²) >= 11 is 0. The fourth-order valence-electron chi connectivity index (χ4n) is 3.12. The second-order valence-electron chi connectivity index (χ2n) is 6.23. The zero-order valence-electron chi connectivity index (χ0n) is 13.4. The number of hydrogen-bond donors (Lipinski definition) is 1. The van der Waals surface area contributed by atoms with E-state index < -0.39 is 0 Å². The third kappa shape index (κ3) is 2.52. The lowest BCUT2D eigenvalue weighted by atomic mass is 10.1. The highest BCUT2D eigenvalue weighted by Crippen LogP contribution is 2.35. The number of amides is 1. The molecule has 5 heteroatoms. The van der Waals surface area contributed by atoms with Crippen LogP contribution in [0.4, 0.5) is 0 Å². The maximum Gasteiger partial charge on any atom is 0.261 e. The molecule has 0 radical (unpaired) electrons. The van der Waals surface area contributed by atoms with Gasteiger partial charge >= 0.3 is 0 Å². The summed E-state index contributed by atoms with van der Waals surface area (Å²) in [5.41, 5.74) is 0.561. The van der Waals surface area contributed by atoms with E-state index in [9.17, 15) is 9.59 Å². The van der Waals surface area contributed by atoms with E-state index in [0.29, 0.717) is 0 Å². The van der Waals surface area contributed by atoms with Crippen molar-refractivity contribution in [2.75, 3.05) is 0 Å². The maximum atomic E-state index is 13.1. The van der Waals surface area contributed by atoms with Crippen LogP contribution in [0.2, 0.25) is 0 Å². The molecule has 5 nitrogen and oxygen atoms in total. The van der Waals surface area contributed by atoms with Crippen molar-refractivity contribution < 1.29 is 9.21 Å². The number of aromatic nitrogens is 1. The van der Waals surface area contributed by atoms with Gasteiger partial charge in [-0.15, -0.1) is 0 Å². The van der Waals surface area contributed by atoms with Crippen LogP contribution in [0.25, 0.3) is 10.9 Å². The van der Waals surface area contributed by atoms with Crippen molar-refractivity contribution in [3.8, 4) is 0 Å². The number of benzene rings is 1. The molecule has 1 N–H and O–H groups in total. The van der Waals surface area contributed by atoms with E-state index in [4.69, 9.17) is 4.42 Å². The van der Waals surface area contributed by atoms with Gasteiger partial charge in [0.2, 0.25) is 0 Å². The summed E-state index contributed by atoms with van der Waals surface area (Å²) in [6.45, 7) is 1.93. The van der Waals surface area contributed by atoms with Crippen LogP contribution in [-0.4, -0.2) is 21.8 Å². The topological polar surface area (TPSA) is 66.3 Å². The van der Waals surface area contributed by atoms with Gasteiger partial charge in [0.1, 0.15) is 11.3 Å². The summed E-state index contributed by atoms with van der Waals surface area (Å²) in [5, 5.41) is 0.849. The molecule has 0 aliphatic heterocycles. The standard InChI is InChI=1S/C19H18N2O3/c1-12(17-7-4-10-24-17)21(14-8-9-14)19(23)15-11-13-5-2-3-6-16(13)20-18(15)22/h2-7,10-12,14H,8-9H2,1H3,(H,20,22)/t12-/m0/s1. The number of hydrogen-bond acceptors (Lipinski definition) is 3. The molecule has 122 valence electrons. The Bertz CT molecular complexity index is 939. The normalized spacial score (nSPS) is 15.4. The summed E-state index contributed by atoms with van der Waals surface area (Å²) in [7, 11) is 0. The molecule has 1 aliphatic rings. The molecule has 2 heterocycles. The first kappa shape index (κ1) is 14.8. The predicted molar refractivity (Wildman–Crippen MR) is 90.9 cm³/mol. The van der Waals surface area contributed by atoms with E-state index in [2.05, 4.69) is 4.98 Å². The Morgan fingerprint density at radius 3 is 2.75 bits per heavy atom. The Kier molecular flexibility index (Phi) is 3.49. The van der Waals surface area contributed by atoms with Crippen LogP contribution in [0.15, 0.2) is 57.9 Å². The Morgan fingerprint density at radius 2 is 2.04 bits per heavy atom. The first-order valence-electron chi connectivity index (χ1n) is 8.13. The van der Waals surface area contributed by atoms with Crippen molar-refractivity contribution in [3.05, 3.63) is 70.4 Å². The monoisotopic (exact) mass is 322 g/mol. The van der Waals surface area contributed by atoms with Gasteiger partial charge in [0.15, 0.2) is 0 Å². The molecule has 1 aromatic carbocycles. The molecular formula is C19H18N2O3. The van der Waals surface area contributed by atoms with Gasteiger partial charge < -0.3 is 14.3 Å². The highest BCUT2D eigenvalue weighted by atomic mass is 16.3. The van der Waals surface area contributed by atoms with Gasteiger partial charge in [-0.25, -0.2) is 0 Å². The lowest BCUT2D eigenvalue weighted by molar-refractivity contribution is 0.0651. The highest BCUT2D eigenvalue weighted by molar-refractivity contribution is 5.97. The first-order valence-corrected chi connectivity index (χ1v) is 8.13. The second kappa shape index (κ2) is 5.67. The van der Waals surface area contributed by atoms with Crippen molar-refractivity contribution in [3.63, 3.8) is 0 Å². The molecule has 0 bridgehead atoms. The predicted octanol–water partition coefficient (Wildman–Crippen LogP) is 3.49. The van der Waals surface area contributed by atoms with E-state index in [1.165, 1.54) is 0 Å². The van der Waals surface area contributed by atoms with Crippen LogP contribution in [0, 0.1) is 0 Å². The fraction of sp³-hybridized carbons (Fsp3) is 0.263. The van der Waals surface area contributed by atoms with E-state index in [0.717, 1.165) is 29.5 Å². The average molecular weight is 322 g/mol. The van der Waals surface area contributed by atoms with Crippen molar-refractivity contribution in [2.24, 2.45) is 0 Å². The number of fused-ring (bicyclic) bond motifs is 1. The summed E-state index contributed by atoms with van der Waals surface area (Å²) in [5.74, 6) is 0.487. The Morgan fingerprint density at radius 1 is 1.25 bits per heavy atom. The van der Waals surface area contributed by atoms with E-state index >= 15 is 0 Å². The van der Waals surface area contributed by atoms with Crippen LogP contribution in [0.3, 0.4) is 0 Å². The molecule has 0 unspecified atom stereocenters. The third-order valence-electron chi connectivity index (χ3n) is 4.53. The van der Waals surface area contributed by atoms with Gasteiger partial charge in [-0.05, 0) is 49.4 Å². The SMILES string of the molecule is C[C@@H](c1ccco1)N(C(=O)c1cc2ccccc2[nH]c1=O)C1CC1. The molecular weight excluding hydrogens is 304 g/mol. The maximum absolute atomic E-state index is 13.1. The zero-order valence-corrected chi connectivity index (χ0v) is 13.4. The Balaban J connectivity index is 1.75. The highest BCUT2D eigenvalue weighted by Gasteiger charge is 2.38. The lowest BCUT2D eigenvalue weighted by Crippen LogP contribution is -2.38.